The van der Waals surface area contributed by atoms with Crippen LogP contribution < -0.4 is 0 Å². The van der Waals surface area contributed by atoms with Gasteiger partial charge in [0.1, 0.15) is 0 Å². The summed E-state index contributed by atoms with van der Waals surface area (Å²) in [6.07, 6.45) is 11.0. The van der Waals surface area contributed by atoms with Crippen LogP contribution in [0.1, 0.15) is 86.0 Å². The number of hydrogen-bond donors (Lipinski definition) is 0. The van der Waals surface area contributed by atoms with Crippen LogP contribution in [-0.2, 0) is 0 Å². The van der Waals surface area contributed by atoms with Gasteiger partial charge in [0.05, 0.1) is 0 Å². The Morgan fingerprint density at radius 1 is 0.944 bits per heavy atom. The van der Waals surface area contributed by atoms with Crippen molar-refractivity contribution in [1.82, 2.24) is 0 Å². The van der Waals surface area contributed by atoms with E-state index in [4.69, 9.17) is 0 Å². The zero-order valence-electron chi connectivity index (χ0n) is 13.6. The van der Waals surface area contributed by atoms with Gasteiger partial charge in [-0.2, -0.15) is 0 Å². The van der Waals surface area contributed by atoms with Crippen LogP contribution in [0.15, 0.2) is 12.2 Å². The van der Waals surface area contributed by atoms with Crippen LogP contribution in [0.3, 0.4) is 0 Å². The van der Waals surface area contributed by atoms with Gasteiger partial charge < -0.3 is 0 Å². The molecular formula is C18H36. The monoisotopic (exact) mass is 252 g/mol. The molecule has 1 atom stereocenters. The van der Waals surface area contributed by atoms with E-state index in [0.717, 1.165) is 17.8 Å². The van der Waals surface area contributed by atoms with Crippen LogP contribution in [0.25, 0.3) is 0 Å². The first-order chi connectivity index (χ1) is 8.51. The standard InChI is InChI=1S/C18H36/c1-7-17(8-2)11-9-10-12-18(16(5)6)14-13-15(3)4/h16-18H,3,7-14H2,1-2,4-6H3. The fraction of sp³-hybridized carbons (Fsp3) is 0.889. The van der Waals surface area contributed by atoms with Crippen LogP contribution in [0.5, 0.6) is 0 Å². The Labute approximate surface area is 116 Å². The van der Waals surface area contributed by atoms with Gasteiger partial charge in [0.15, 0.2) is 0 Å². The molecule has 0 radical (unpaired) electrons. The molecule has 0 amide bonds. The number of unbranched alkanes of at least 4 members (excludes halogenated alkanes) is 1. The van der Waals surface area contributed by atoms with E-state index in [0.29, 0.717) is 0 Å². The van der Waals surface area contributed by atoms with Crippen LogP contribution in [0.4, 0.5) is 0 Å². The van der Waals surface area contributed by atoms with Gasteiger partial charge >= 0.3 is 0 Å². The normalized spacial score (nSPS) is 13.3. The maximum Gasteiger partial charge on any atom is -0.0323 e. The maximum atomic E-state index is 4.03. The molecule has 108 valence electrons. The maximum absolute atomic E-state index is 4.03. The van der Waals surface area contributed by atoms with E-state index in [1.54, 1.807) is 0 Å². The van der Waals surface area contributed by atoms with Crippen molar-refractivity contribution in [3.05, 3.63) is 12.2 Å². The molecule has 0 aliphatic heterocycles. The van der Waals surface area contributed by atoms with Crippen LogP contribution >= 0.6 is 0 Å². The molecule has 0 rings (SSSR count). The summed E-state index contributed by atoms with van der Waals surface area (Å²) < 4.78 is 0. The van der Waals surface area contributed by atoms with Crippen molar-refractivity contribution in [2.24, 2.45) is 17.8 Å². The summed E-state index contributed by atoms with van der Waals surface area (Å²) in [5, 5.41) is 0. The molecular weight excluding hydrogens is 216 g/mol. The topological polar surface area (TPSA) is 0 Å². The van der Waals surface area contributed by atoms with Crippen molar-refractivity contribution in [2.75, 3.05) is 0 Å². The highest BCUT2D eigenvalue weighted by Gasteiger charge is 2.13. The Bertz CT molecular complexity index is 198. The lowest BCUT2D eigenvalue weighted by atomic mass is 9.85. The number of allylic oxidation sites excluding steroid dienone is 1. The second-order valence-corrected chi connectivity index (χ2v) is 6.47. The van der Waals surface area contributed by atoms with Crippen molar-refractivity contribution in [1.29, 1.82) is 0 Å². The van der Waals surface area contributed by atoms with Crippen molar-refractivity contribution in [2.45, 2.75) is 86.0 Å². The predicted molar refractivity (Wildman–Crippen MR) is 84.9 cm³/mol. The van der Waals surface area contributed by atoms with Crippen LogP contribution in [0.2, 0.25) is 0 Å². The summed E-state index contributed by atoms with van der Waals surface area (Å²) in [7, 11) is 0. The molecule has 0 nitrogen and oxygen atoms in total. The quantitative estimate of drug-likeness (QED) is 0.286. The highest BCUT2D eigenvalue weighted by molar-refractivity contribution is 4.88. The Balaban J connectivity index is 3.79. The van der Waals surface area contributed by atoms with E-state index in [2.05, 4.69) is 41.2 Å². The minimum Gasteiger partial charge on any atom is -0.100 e. The van der Waals surface area contributed by atoms with Gasteiger partial charge in [0.2, 0.25) is 0 Å². The van der Waals surface area contributed by atoms with Gasteiger partial charge in [-0.1, -0.05) is 71.8 Å². The zero-order valence-corrected chi connectivity index (χ0v) is 13.6. The molecule has 0 aromatic rings. The highest BCUT2D eigenvalue weighted by atomic mass is 14.2. The Hall–Kier alpha value is -0.260. The van der Waals surface area contributed by atoms with E-state index >= 15 is 0 Å². The number of hydrogen-bond acceptors (Lipinski definition) is 0. The largest absolute Gasteiger partial charge is 0.100 e. The van der Waals surface area contributed by atoms with Gasteiger partial charge in [-0.15, -0.1) is 6.58 Å². The van der Waals surface area contributed by atoms with Crippen LogP contribution in [0, 0.1) is 17.8 Å². The highest BCUT2D eigenvalue weighted by Crippen LogP contribution is 2.26. The van der Waals surface area contributed by atoms with Crippen LogP contribution in [-0.4, -0.2) is 0 Å². The first kappa shape index (κ1) is 17.7. The summed E-state index contributed by atoms with van der Waals surface area (Å²) in [5.41, 5.74) is 1.35. The minimum atomic E-state index is 0.831. The van der Waals surface area contributed by atoms with Gasteiger partial charge in [-0.25, -0.2) is 0 Å². The van der Waals surface area contributed by atoms with E-state index in [-0.39, 0.29) is 0 Å². The van der Waals surface area contributed by atoms with Gasteiger partial charge in [-0.05, 0) is 37.5 Å². The predicted octanol–water partition coefficient (Wildman–Crippen LogP) is 6.61. The lowest BCUT2D eigenvalue weighted by Crippen LogP contribution is -2.09. The molecule has 1 unspecified atom stereocenters. The molecule has 0 N–H and O–H groups in total. The molecule has 0 aliphatic rings. The summed E-state index contributed by atoms with van der Waals surface area (Å²) in [6, 6.07) is 0. The second-order valence-electron chi connectivity index (χ2n) is 6.47. The van der Waals surface area contributed by atoms with E-state index < -0.39 is 0 Å². The zero-order chi connectivity index (χ0) is 14.0. The molecule has 0 aromatic heterocycles. The van der Waals surface area contributed by atoms with Gasteiger partial charge in [0.25, 0.3) is 0 Å². The third-order valence-electron chi connectivity index (χ3n) is 4.48. The lowest BCUT2D eigenvalue weighted by Gasteiger charge is -2.21. The summed E-state index contributed by atoms with van der Waals surface area (Å²) in [6.45, 7) is 15.6. The van der Waals surface area contributed by atoms with E-state index in [1.165, 1.54) is 56.9 Å². The van der Waals surface area contributed by atoms with E-state index in [1.807, 2.05) is 0 Å². The molecule has 0 heteroatoms. The Kier molecular flexibility index (Phi) is 10.5. The molecule has 18 heavy (non-hydrogen) atoms. The Morgan fingerprint density at radius 3 is 1.94 bits per heavy atom. The molecule has 0 aliphatic carbocycles. The second kappa shape index (κ2) is 10.6. The third-order valence-corrected chi connectivity index (χ3v) is 4.48. The fourth-order valence-corrected chi connectivity index (χ4v) is 2.78. The molecule has 0 heterocycles. The molecule has 0 saturated carbocycles. The minimum absolute atomic E-state index is 0.831. The van der Waals surface area contributed by atoms with Crippen molar-refractivity contribution in [3.8, 4) is 0 Å². The molecule has 0 fully saturated rings. The smallest absolute Gasteiger partial charge is 0.0323 e. The average molecular weight is 252 g/mol. The van der Waals surface area contributed by atoms with Crippen molar-refractivity contribution >= 4 is 0 Å². The number of rotatable bonds is 11. The third kappa shape index (κ3) is 8.78. The van der Waals surface area contributed by atoms with Crippen molar-refractivity contribution in [3.63, 3.8) is 0 Å². The molecule has 0 spiro atoms. The molecule has 0 bridgehead atoms. The first-order valence-electron chi connectivity index (χ1n) is 8.15. The Morgan fingerprint density at radius 2 is 1.50 bits per heavy atom. The summed E-state index contributed by atoms with van der Waals surface area (Å²) >= 11 is 0. The SMILES string of the molecule is C=C(C)CCC(CCCCC(CC)CC)C(C)C. The fourth-order valence-electron chi connectivity index (χ4n) is 2.78. The summed E-state index contributed by atoms with van der Waals surface area (Å²) in [5.74, 6) is 2.71. The molecule has 0 saturated heterocycles. The summed E-state index contributed by atoms with van der Waals surface area (Å²) in [4.78, 5) is 0. The van der Waals surface area contributed by atoms with Crippen molar-refractivity contribution < 1.29 is 0 Å². The van der Waals surface area contributed by atoms with E-state index in [9.17, 15) is 0 Å². The van der Waals surface area contributed by atoms with Gasteiger partial charge in [0, 0.05) is 0 Å². The lowest BCUT2D eigenvalue weighted by molar-refractivity contribution is 0.317. The molecule has 0 aromatic carbocycles. The first-order valence-corrected chi connectivity index (χ1v) is 8.15. The average Bonchev–Trinajstić information content (AvgIpc) is 2.32. The van der Waals surface area contributed by atoms with Gasteiger partial charge in [-0.3, -0.25) is 0 Å².